The van der Waals surface area contributed by atoms with Crippen molar-refractivity contribution >= 4 is 0 Å². The van der Waals surface area contributed by atoms with Crippen LogP contribution in [-0.2, 0) is 0 Å². The Labute approximate surface area is 105 Å². The molecule has 2 aromatic heterocycles. The number of terminal acetylenes is 1. The zero-order chi connectivity index (χ0) is 13.3. The number of aromatic hydroxyl groups is 2. The minimum Gasteiger partial charge on any atom is -0.506 e. The van der Waals surface area contributed by atoms with Crippen molar-refractivity contribution in [1.82, 2.24) is 9.97 Å². The van der Waals surface area contributed by atoms with E-state index in [4.69, 9.17) is 6.42 Å². The molecule has 0 aromatic carbocycles. The second-order valence-electron chi connectivity index (χ2n) is 3.97. The highest BCUT2D eigenvalue weighted by Gasteiger charge is 2.16. The first-order chi connectivity index (χ1) is 8.52. The molecule has 0 saturated carbocycles. The standard InChI is InChI=1S/C14H12N2O2/c1-4-10-7-9(3)16-13(14(10)18)12-11(17)6-5-8(2)15-12/h1,5-7,17-18H,2-3H3. The maximum absolute atomic E-state index is 10.0. The maximum atomic E-state index is 10.0. The summed E-state index contributed by atoms with van der Waals surface area (Å²) in [6.07, 6.45) is 5.31. The Morgan fingerprint density at radius 1 is 1.06 bits per heavy atom. The van der Waals surface area contributed by atoms with E-state index in [1.807, 2.05) is 0 Å². The van der Waals surface area contributed by atoms with Crippen LogP contribution in [0.5, 0.6) is 11.5 Å². The summed E-state index contributed by atoms with van der Waals surface area (Å²) in [5.41, 5.74) is 2.13. The van der Waals surface area contributed by atoms with Gasteiger partial charge in [0, 0.05) is 11.4 Å². The molecule has 18 heavy (non-hydrogen) atoms. The summed E-state index contributed by atoms with van der Waals surface area (Å²) in [7, 11) is 0. The molecule has 0 fully saturated rings. The van der Waals surface area contributed by atoms with Crippen LogP contribution in [0.15, 0.2) is 18.2 Å². The minimum atomic E-state index is -0.142. The number of nitrogens with zero attached hydrogens (tertiary/aromatic N) is 2. The zero-order valence-electron chi connectivity index (χ0n) is 10.1. The summed E-state index contributed by atoms with van der Waals surface area (Å²) in [6, 6.07) is 4.79. The summed E-state index contributed by atoms with van der Waals surface area (Å²) in [6.45, 7) is 3.55. The smallest absolute Gasteiger partial charge is 0.159 e. The molecule has 4 heteroatoms. The van der Waals surface area contributed by atoms with Gasteiger partial charge in [0.1, 0.15) is 17.1 Å². The molecule has 0 aliphatic rings. The molecular formula is C14H12N2O2. The van der Waals surface area contributed by atoms with Crippen molar-refractivity contribution in [2.75, 3.05) is 0 Å². The Hall–Kier alpha value is -2.54. The lowest BCUT2D eigenvalue weighted by molar-refractivity contribution is 0.464. The van der Waals surface area contributed by atoms with Gasteiger partial charge in [-0.15, -0.1) is 6.42 Å². The van der Waals surface area contributed by atoms with Crippen LogP contribution in [-0.4, -0.2) is 20.2 Å². The van der Waals surface area contributed by atoms with Crippen LogP contribution in [0.1, 0.15) is 17.0 Å². The Morgan fingerprint density at radius 2 is 1.72 bits per heavy atom. The first-order valence-corrected chi connectivity index (χ1v) is 5.37. The zero-order valence-corrected chi connectivity index (χ0v) is 10.1. The molecule has 0 aliphatic heterocycles. The normalized spacial score (nSPS) is 10.1. The van der Waals surface area contributed by atoms with Gasteiger partial charge in [0.15, 0.2) is 5.75 Å². The third-order valence-electron chi connectivity index (χ3n) is 2.51. The molecule has 2 aromatic rings. The molecule has 2 heterocycles. The van der Waals surface area contributed by atoms with E-state index in [9.17, 15) is 10.2 Å². The molecule has 4 nitrogen and oxygen atoms in total. The SMILES string of the molecule is C#Cc1cc(C)nc(-c2nc(C)ccc2O)c1O. The second kappa shape index (κ2) is 4.38. The highest BCUT2D eigenvalue weighted by Crippen LogP contribution is 2.34. The largest absolute Gasteiger partial charge is 0.506 e. The number of hydrogen-bond acceptors (Lipinski definition) is 4. The molecule has 0 bridgehead atoms. The van der Waals surface area contributed by atoms with Crippen LogP contribution < -0.4 is 0 Å². The highest BCUT2D eigenvalue weighted by molar-refractivity contribution is 5.71. The number of aryl methyl sites for hydroxylation is 2. The van der Waals surface area contributed by atoms with Gasteiger partial charge in [-0.25, -0.2) is 9.97 Å². The average Bonchev–Trinajstić information content (AvgIpc) is 2.35. The fourth-order valence-corrected chi connectivity index (χ4v) is 1.67. The van der Waals surface area contributed by atoms with Crippen LogP contribution in [0, 0.1) is 26.2 Å². The van der Waals surface area contributed by atoms with E-state index in [1.54, 1.807) is 26.0 Å². The molecule has 0 radical (unpaired) electrons. The molecule has 0 saturated heterocycles. The summed E-state index contributed by atoms with van der Waals surface area (Å²) in [4.78, 5) is 8.36. The van der Waals surface area contributed by atoms with Crippen molar-refractivity contribution < 1.29 is 10.2 Å². The highest BCUT2D eigenvalue weighted by atomic mass is 16.3. The van der Waals surface area contributed by atoms with Gasteiger partial charge in [-0.3, -0.25) is 0 Å². The Balaban J connectivity index is 2.75. The topological polar surface area (TPSA) is 66.2 Å². The van der Waals surface area contributed by atoms with E-state index in [1.165, 1.54) is 6.07 Å². The van der Waals surface area contributed by atoms with E-state index >= 15 is 0 Å². The second-order valence-corrected chi connectivity index (χ2v) is 3.97. The molecule has 90 valence electrons. The predicted molar refractivity (Wildman–Crippen MR) is 68.2 cm³/mol. The van der Waals surface area contributed by atoms with Crippen molar-refractivity contribution in [3.8, 4) is 35.2 Å². The fourth-order valence-electron chi connectivity index (χ4n) is 1.67. The van der Waals surface area contributed by atoms with Gasteiger partial charge in [0.2, 0.25) is 0 Å². The van der Waals surface area contributed by atoms with E-state index in [0.717, 1.165) is 0 Å². The van der Waals surface area contributed by atoms with Crippen molar-refractivity contribution in [3.05, 3.63) is 35.2 Å². The Kier molecular flexibility index (Phi) is 2.90. The molecule has 0 aliphatic carbocycles. The lowest BCUT2D eigenvalue weighted by atomic mass is 10.1. The fraction of sp³-hybridized carbons (Fsp3) is 0.143. The molecule has 0 atom stereocenters. The minimum absolute atomic E-state index is 0.0445. The molecule has 2 rings (SSSR count). The summed E-state index contributed by atoms with van der Waals surface area (Å²) in [5.74, 6) is 2.19. The third kappa shape index (κ3) is 1.98. The first kappa shape index (κ1) is 11.9. The third-order valence-corrected chi connectivity index (χ3v) is 2.51. The molecule has 2 N–H and O–H groups in total. The molecule has 0 unspecified atom stereocenters. The Morgan fingerprint density at radius 3 is 2.39 bits per heavy atom. The summed E-state index contributed by atoms with van der Waals surface area (Å²) in [5, 5.41) is 19.8. The number of aromatic nitrogens is 2. The summed E-state index contributed by atoms with van der Waals surface area (Å²) >= 11 is 0. The molecular weight excluding hydrogens is 228 g/mol. The lowest BCUT2D eigenvalue weighted by Gasteiger charge is -2.09. The number of rotatable bonds is 1. The van der Waals surface area contributed by atoms with Crippen molar-refractivity contribution in [2.45, 2.75) is 13.8 Å². The van der Waals surface area contributed by atoms with E-state index in [2.05, 4.69) is 15.9 Å². The van der Waals surface area contributed by atoms with Crippen LogP contribution in [0.25, 0.3) is 11.4 Å². The van der Waals surface area contributed by atoms with Gasteiger partial charge in [-0.2, -0.15) is 0 Å². The van der Waals surface area contributed by atoms with Gasteiger partial charge in [-0.05, 0) is 32.0 Å². The Bertz CT molecular complexity index is 658. The number of hydrogen-bond donors (Lipinski definition) is 2. The van der Waals surface area contributed by atoms with Gasteiger partial charge in [-0.1, -0.05) is 5.92 Å². The van der Waals surface area contributed by atoms with Crippen LogP contribution >= 0.6 is 0 Å². The van der Waals surface area contributed by atoms with Gasteiger partial charge < -0.3 is 10.2 Å². The lowest BCUT2D eigenvalue weighted by Crippen LogP contribution is -1.95. The first-order valence-electron chi connectivity index (χ1n) is 5.37. The van der Waals surface area contributed by atoms with E-state index in [0.29, 0.717) is 17.0 Å². The quantitative estimate of drug-likeness (QED) is 0.749. The molecule has 0 amide bonds. The average molecular weight is 240 g/mol. The van der Waals surface area contributed by atoms with Crippen molar-refractivity contribution in [1.29, 1.82) is 0 Å². The maximum Gasteiger partial charge on any atom is 0.159 e. The van der Waals surface area contributed by atoms with E-state index < -0.39 is 0 Å². The van der Waals surface area contributed by atoms with E-state index in [-0.39, 0.29) is 22.9 Å². The van der Waals surface area contributed by atoms with Crippen LogP contribution in [0.4, 0.5) is 0 Å². The van der Waals surface area contributed by atoms with Crippen LogP contribution in [0.2, 0.25) is 0 Å². The van der Waals surface area contributed by atoms with Gasteiger partial charge >= 0.3 is 0 Å². The van der Waals surface area contributed by atoms with Crippen LogP contribution in [0.3, 0.4) is 0 Å². The monoisotopic (exact) mass is 240 g/mol. The van der Waals surface area contributed by atoms with Gasteiger partial charge in [0.25, 0.3) is 0 Å². The van der Waals surface area contributed by atoms with Crippen molar-refractivity contribution in [2.24, 2.45) is 0 Å². The number of pyridine rings is 2. The van der Waals surface area contributed by atoms with Crippen molar-refractivity contribution in [3.63, 3.8) is 0 Å². The summed E-state index contributed by atoms with van der Waals surface area (Å²) < 4.78 is 0. The molecule has 0 spiro atoms. The van der Waals surface area contributed by atoms with Gasteiger partial charge in [0.05, 0.1) is 5.56 Å². The predicted octanol–water partition coefficient (Wildman–Crippen LogP) is 2.15.